The van der Waals surface area contributed by atoms with Gasteiger partial charge in [-0.25, -0.2) is 4.79 Å². The van der Waals surface area contributed by atoms with Crippen molar-refractivity contribution in [2.45, 2.75) is 50.4 Å². The Hall–Kier alpha value is -2.96. The average Bonchev–Trinajstić information content (AvgIpc) is 3.03. The average molecular weight is 397 g/mol. The van der Waals surface area contributed by atoms with E-state index in [1.807, 2.05) is 35.2 Å². The Balaban J connectivity index is 1.34. The minimum absolute atomic E-state index is 0.00730. The van der Waals surface area contributed by atoms with Gasteiger partial charge in [0.1, 0.15) is 11.9 Å². The van der Waals surface area contributed by atoms with Crippen LogP contribution in [0.1, 0.15) is 31.2 Å². The summed E-state index contributed by atoms with van der Waals surface area (Å²) in [5.41, 5.74) is 0.971. The summed E-state index contributed by atoms with van der Waals surface area (Å²) < 4.78 is 16.7. The van der Waals surface area contributed by atoms with E-state index in [4.69, 9.17) is 14.2 Å². The molecule has 2 saturated heterocycles. The number of amides is 2. The molecule has 7 heteroatoms. The van der Waals surface area contributed by atoms with Gasteiger partial charge in [0, 0.05) is 37.7 Å². The predicted molar refractivity (Wildman–Crippen MR) is 108 cm³/mol. The molecule has 2 aromatic rings. The lowest BCUT2D eigenvalue weighted by molar-refractivity contribution is 0.0684. The van der Waals surface area contributed by atoms with Crippen LogP contribution in [0.5, 0.6) is 17.2 Å². The quantitative estimate of drug-likeness (QED) is 0.809. The van der Waals surface area contributed by atoms with E-state index in [2.05, 4.69) is 10.3 Å². The summed E-state index contributed by atoms with van der Waals surface area (Å²) in [5, 5.41) is 3.06. The van der Waals surface area contributed by atoms with Crippen molar-refractivity contribution in [1.29, 1.82) is 0 Å². The van der Waals surface area contributed by atoms with Crippen LogP contribution >= 0.6 is 0 Å². The maximum atomic E-state index is 12.9. The number of urea groups is 1. The summed E-state index contributed by atoms with van der Waals surface area (Å²) in [6, 6.07) is 9.92. The molecule has 0 aliphatic carbocycles. The second kappa shape index (κ2) is 8.59. The van der Waals surface area contributed by atoms with Crippen LogP contribution in [0.4, 0.5) is 4.79 Å². The number of rotatable bonds is 6. The molecule has 2 atom stereocenters. The zero-order valence-corrected chi connectivity index (χ0v) is 16.8. The Morgan fingerprint density at radius 1 is 1.14 bits per heavy atom. The van der Waals surface area contributed by atoms with Crippen molar-refractivity contribution < 1.29 is 19.0 Å². The number of piperidine rings is 1. The number of carbonyl (C=O) groups is 1. The molecule has 7 nitrogen and oxygen atoms in total. The summed E-state index contributed by atoms with van der Waals surface area (Å²) in [6.45, 7) is 0.449. The normalized spacial score (nSPS) is 22.8. The number of nitrogens with one attached hydrogen (secondary N) is 1. The fraction of sp³-hybridized carbons (Fsp3) is 0.455. The number of hydrogen-bond donors (Lipinski definition) is 1. The zero-order valence-electron chi connectivity index (χ0n) is 16.8. The highest BCUT2D eigenvalue weighted by Crippen LogP contribution is 2.37. The molecular weight excluding hydrogens is 370 g/mol. The van der Waals surface area contributed by atoms with Crippen molar-refractivity contribution in [3.8, 4) is 17.2 Å². The van der Waals surface area contributed by atoms with Gasteiger partial charge in [-0.05, 0) is 42.7 Å². The molecule has 4 rings (SSSR count). The maximum absolute atomic E-state index is 12.9. The molecule has 154 valence electrons. The van der Waals surface area contributed by atoms with E-state index < -0.39 is 0 Å². The Bertz CT molecular complexity index is 831. The van der Waals surface area contributed by atoms with Crippen LogP contribution in [0.15, 0.2) is 42.7 Å². The highest BCUT2D eigenvalue weighted by molar-refractivity contribution is 5.75. The molecule has 2 fully saturated rings. The monoisotopic (exact) mass is 397 g/mol. The number of aromatic nitrogens is 1. The van der Waals surface area contributed by atoms with Gasteiger partial charge in [-0.2, -0.15) is 0 Å². The first kappa shape index (κ1) is 19.4. The summed E-state index contributed by atoms with van der Waals surface area (Å²) in [6.07, 6.45) is 7.38. The van der Waals surface area contributed by atoms with Crippen molar-refractivity contribution in [2.24, 2.45) is 0 Å². The lowest BCUT2D eigenvalue weighted by Crippen LogP contribution is -2.52. The van der Waals surface area contributed by atoms with Crippen LogP contribution in [0.3, 0.4) is 0 Å². The SMILES string of the molecule is COc1ccc(CNC(=O)N2C3CCC2CC(Oc2cccnc2)C3)cc1OC. The van der Waals surface area contributed by atoms with E-state index in [-0.39, 0.29) is 24.2 Å². The fourth-order valence-electron chi connectivity index (χ4n) is 4.42. The van der Waals surface area contributed by atoms with Crippen molar-refractivity contribution in [1.82, 2.24) is 15.2 Å². The Morgan fingerprint density at radius 3 is 2.55 bits per heavy atom. The first-order valence-electron chi connectivity index (χ1n) is 10.0. The lowest BCUT2D eigenvalue weighted by atomic mass is 10.00. The molecule has 2 amide bonds. The van der Waals surface area contributed by atoms with Crippen LogP contribution in [0.2, 0.25) is 0 Å². The number of carbonyl (C=O) groups excluding carboxylic acids is 1. The minimum atomic E-state index is -0.00730. The molecule has 1 aromatic heterocycles. The number of benzene rings is 1. The fourth-order valence-corrected chi connectivity index (χ4v) is 4.42. The summed E-state index contributed by atoms with van der Waals surface area (Å²) in [4.78, 5) is 19.0. The van der Waals surface area contributed by atoms with Gasteiger partial charge in [-0.15, -0.1) is 0 Å². The van der Waals surface area contributed by atoms with E-state index in [1.165, 1.54) is 0 Å². The van der Waals surface area contributed by atoms with Gasteiger partial charge in [0.25, 0.3) is 0 Å². The first-order chi connectivity index (χ1) is 14.2. The molecule has 29 heavy (non-hydrogen) atoms. The molecule has 2 bridgehead atoms. The Morgan fingerprint density at radius 2 is 1.90 bits per heavy atom. The van der Waals surface area contributed by atoms with Crippen LogP contribution < -0.4 is 19.5 Å². The van der Waals surface area contributed by atoms with Crippen LogP contribution in [0.25, 0.3) is 0 Å². The van der Waals surface area contributed by atoms with Crippen molar-refractivity contribution >= 4 is 6.03 Å². The van der Waals surface area contributed by atoms with Crippen molar-refractivity contribution in [3.63, 3.8) is 0 Å². The number of methoxy groups -OCH3 is 2. The van der Waals surface area contributed by atoms with Crippen LogP contribution in [-0.2, 0) is 6.54 Å². The molecule has 2 aliphatic rings. The van der Waals surface area contributed by atoms with Gasteiger partial charge in [0.2, 0.25) is 0 Å². The number of hydrogen-bond acceptors (Lipinski definition) is 5. The van der Waals surface area contributed by atoms with Gasteiger partial charge >= 0.3 is 6.03 Å². The molecular formula is C22H27N3O4. The van der Waals surface area contributed by atoms with Crippen molar-refractivity contribution in [3.05, 3.63) is 48.3 Å². The first-order valence-corrected chi connectivity index (χ1v) is 10.0. The van der Waals surface area contributed by atoms with Crippen LogP contribution in [0, 0.1) is 0 Å². The molecule has 0 saturated carbocycles. The standard InChI is InChI=1S/C22H27N3O4/c1-27-20-8-5-15(10-21(20)28-2)13-24-22(26)25-16-6-7-17(25)12-19(11-16)29-18-4-3-9-23-14-18/h3-5,8-10,14,16-17,19H,6-7,11-13H2,1-2H3,(H,24,26). The number of nitrogens with zero attached hydrogens (tertiary/aromatic N) is 2. The van der Waals surface area contributed by atoms with E-state index in [0.29, 0.717) is 18.0 Å². The Labute approximate surface area is 171 Å². The molecule has 3 heterocycles. The Kier molecular flexibility index (Phi) is 5.74. The third kappa shape index (κ3) is 4.23. The topological polar surface area (TPSA) is 72.9 Å². The van der Waals surface area contributed by atoms with E-state index in [1.54, 1.807) is 26.6 Å². The van der Waals surface area contributed by atoms with Crippen LogP contribution in [-0.4, -0.2) is 48.3 Å². The van der Waals surface area contributed by atoms with Crippen molar-refractivity contribution in [2.75, 3.05) is 14.2 Å². The molecule has 0 radical (unpaired) electrons. The third-order valence-electron chi connectivity index (χ3n) is 5.75. The smallest absolute Gasteiger partial charge is 0.318 e. The molecule has 1 N–H and O–H groups in total. The van der Waals surface area contributed by atoms with E-state index in [0.717, 1.165) is 37.0 Å². The van der Waals surface area contributed by atoms with E-state index >= 15 is 0 Å². The molecule has 2 unspecified atom stereocenters. The highest BCUT2D eigenvalue weighted by Gasteiger charge is 2.44. The number of ether oxygens (including phenoxy) is 3. The predicted octanol–water partition coefficient (Wildman–Crippen LogP) is 3.38. The van der Waals surface area contributed by atoms with Gasteiger partial charge in [0.05, 0.1) is 20.4 Å². The van der Waals surface area contributed by atoms with Gasteiger partial charge < -0.3 is 24.4 Å². The lowest BCUT2D eigenvalue weighted by Gasteiger charge is -2.38. The summed E-state index contributed by atoms with van der Waals surface area (Å²) in [7, 11) is 3.21. The second-order valence-corrected chi connectivity index (χ2v) is 7.54. The zero-order chi connectivity index (χ0) is 20.2. The minimum Gasteiger partial charge on any atom is -0.493 e. The van der Waals surface area contributed by atoms with Gasteiger partial charge in [-0.3, -0.25) is 4.98 Å². The summed E-state index contributed by atoms with van der Waals surface area (Å²) in [5.74, 6) is 2.13. The molecule has 1 aromatic carbocycles. The third-order valence-corrected chi connectivity index (χ3v) is 5.75. The van der Waals surface area contributed by atoms with E-state index in [9.17, 15) is 4.79 Å². The second-order valence-electron chi connectivity index (χ2n) is 7.54. The van der Waals surface area contributed by atoms with Gasteiger partial charge in [0.15, 0.2) is 11.5 Å². The number of fused-ring (bicyclic) bond motifs is 2. The van der Waals surface area contributed by atoms with Gasteiger partial charge in [-0.1, -0.05) is 6.07 Å². The molecule has 0 spiro atoms. The largest absolute Gasteiger partial charge is 0.493 e. The molecule has 2 aliphatic heterocycles. The maximum Gasteiger partial charge on any atom is 0.318 e. The highest BCUT2D eigenvalue weighted by atomic mass is 16.5. The number of pyridine rings is 1. The summed E-state index contributed by atoms with van der Waals surface area (Å²) >= 11 is 0.